The Morgan fingerprint density at radius 1 is 0.186 bits per heavy atom. The van der Waals surface area contributed by atoms with Gasteiger partial charge in [0.25, 0.3) is 0 Å². The van der Waals surface area contributed by atoms with E-state index in [1.807, 2.05) is 0 Å². The molecule has 102 heavy (non-hydrogen) atoms. The highest BCUT2D eigenvalue weighted by atomic mass is 15.0. The van der Waals surface area contributed by atoms with Gasteiger partial charge in [-0.25, -0.2) is 0 Å². The first-order chi connectivity index (χ1) is 50.7. The van der Waals surface area contributed by atoms with Crippen LogP contribution in [-0.2, 0) is 10.8 Å². The van der Waals surface area contributed by atoms with Crippen molar-refractivity contribution in [3.8, 4) is 33.4 Å². The van der Waals surface area contributed by atoms with Gasteiger partial charge in [0, 0.05) is 91.7 Å². The lowest BCUT2D eigenvalue weighted by atomic mass is 9.66. The van der Waals surface area contributed by atoms with Gasteiger partial charge >= 0.3 is 0 Å². The van der Waals surface area contributed by atoms with E-state index in [1.54, 1.807) is 0 Å². The van der Waals surface area contributed by atoms with E-state index < -0.39 is 10.8 Å². The van der Waals surface area contributed by atoms with Crippen LogP contribution in [0.15, 0.2) is 328 Å². The van der Waals surface area contributed by atoms with E-state index in [9.17, 15) is 0 Å². The van der Waals surface area contributed by atoms with Crippen molar-refractivity contribution < 1.29 is 0 Å². The normalized spacial score (nSPS) is 15.2. The molecule has 24 aromatic rings. The Labute approximate surface area is 582 Å². The van der Waals surface area contributed by atoms with Gasteiger partial charge in [-0.2, -0.15) is 0 Å². The van der Waals surface area contributed by atoms with Crippen molar-refractivity contribution in [3.05, 3.63) is 372 Å². The quantitative estimate of drug-likeness (QED) is 0.163. The second-order valence-corrected chi connectivity index (χ2v) is 29.1. The maximum Gasteiger partial charge on any atom is 0.0720 e. The van der Waals surface area contributed by atoms with Crippen molar-refractivity contribution in [2.45, 2.75) is 10.8 Å². The lowest BCUT2D eigenvalue weighted by Gasteiger charge is -2.34. The minimum absolute atomic E-state index is 0.649. The Morgan fingerprint density at radius 3 is 1.28 bits per heavy atom. The summed E-state index contributed by atoms with van der Waals surface area (Å²) in [5.74, 6) is 0. The zero-order chi connectivity index (χ0) is 65.7. The van der Waals surface area contributed by atoms with E-state index in [0.717, 1.165) is 0 Å². The van der Waals surface area contributed by atoms with Crippen LogP contribution in [0.3, 0.4) is 0 Å². The third-order valence-electron chi connectivity index (χ3n) is 25.0. The van der Waals surface area contributed by atoms with Crippen LogP contribution in [0.1, 0.15) is 44.5 Å². The molecule has 0 spiro atoms. The summed E-state index contributed by atoms with van der Waals surface area (Å²) < 4.78 is 10.4. The molecule has 1 unspecified atom stereocenters. The highest BCUT2D eigenvalue weighted by molar-refractivity contribution is 6.40. The predicted octanol–water partition coefficient (Wildman–Crippen LogP) is 24.7. The largest absolute Gasteiger partial charge is 0.308 e. The third-order valence-corrected chi connectivity index (χ3v) is 25.0. The van der Waals surface area contributed by atoms with E-state index in [1.165, 1.54) is 230 Å². The topological polar surface area (TPSA) is 17.6 Å². The average molecular weight is 1290 g/mol. The number of para-hydroxylation sites is 6. The second-order valence-electron chi connectivity index (χ2n) is 29.1. The fourth-order valence-corrected chi connectivity index (χ4v) is 21.4. The van der Waals surface area contributed by atoms with Crippen molar-refractivity contribution in [1.29, 1.82) is 0 Å². The fourth-order valence-electron chi connectivity index (χ4n) is 21.4. The van der Waals surface area contributed by atoms with Crippen molar-refractivity contribution in [3.63, 3.8) is 0 Å². The minimum atomic E-state index is -0.677. The van der Waals surface area contributed by atoms with Crippen LogP contribution in [0.5, 0.6) is 0 Å². The molecule has 8 heterocycles. The van der Waals surface area contributed by atoms with Crippen LogP contribution in [-0.4, -0.2) is 17.6 Å². The summed E-state index contributed by atoms with van der Waals surface area (Å²) in [5, 5.41) is 20.8. The maximum absolute atomic E-state index is 2.68. The first kappa shape index (κ1) is 52.8. The number of aromatic nitrogens is 4. The molecule has 4 nitrogen and oxygen atoms in total. The molecule has 0 saturated carbocycles. The fraction of sp³-hybridized carbons (Fsp3) is 0.0204. The lowest BCUT2D eigenvalue weighted by molar-refractivity contribution is 0.769. The molecule has 0 radical (unpaired) electrons. The Bertz CT molecular complexity index is 7800. The summed E-state index contributed by atoms with van der Waals surface area (Å²) in [6.07, 6.45) is 0. The third kappa shape index (κ3) is 5.83. The standard InChI is InChI=1S/C98H54N4/c1-4-22-57(23-5-1)97(75-37-15-10-30-67(75)85-77(97)50-47-66-65-34-21-36-71-87-84(102(93(65)71)94(66)85)53-73-62-29-12-17-39-79(62)99-80-40-18-13-31-68(80)89(87)95(73)99)60-45-42-55(43-46-60)56-44-49-76-72(52-56)63-48-51-82-88(91(63)98(76,58-24-6-2-7-25-58)59-26-8-3-9-27-59)74-54-83-86(90-69-32-14-19-41-81(69)100(82)96(74)90)70-35-20-33-64-61-28-11-16-38-78(61)101(83)92(64)70/h1-54H. The van der Waals surface area contributed by atoms with Crippen molar-refractivity contribution in [1.82, 2.24) is 17.6 Å². The van der Waals surface area contributed by atoms with Gasteiger partial charge in [0.2, 0.25) is 0 Å². The van der Waals surface area contributed by atoms with Gasteiger partial charge in [-0.3, -0.25) is 0 Å². The summed E-state index contributed by atoms with van der Waals surface area (Å²) in [4.78, 5) is 0. The molecular weight excluding hydrogens is 1230 g/mol. The molecule has 26 rings (SSSR count). The summed E-state index contributed by atoms with van der Waals surface area (Å²) in [6.45, 7) is 0. The molecule has 2 aliphatic rings. The Morgan fingerprint density at radius 2 is 0.627 bits per heavy atom. The van der Waals surface area contributed by atoms with Gasteiger partial charge in [0.05, 0.1) is 77.0 Å². The molecule has 0 saturated heterocycles. The van der Waals surface area contributed by atoms with Gasteiger partial charge in [-0.15, -0.1) is 0 Å². The van der Waals surface area contributed by atoms with Crippen LogP contribution >= 0.6 is 0 Å². The van der Waals surface area contributed by atoms with Gasteiger partial charge < -0.3 is 17.6 Å². The smallest absolute Gasteiger partial charge is 0.0720 e. The first-order valence-corrected chi connectivity index (χ1v) is 35.8. The van der Waals surface area contributed by atoms with Crippen LogP contribution in [0.25, 0.3) is 186 Å². The zero-order valence-electron chi connectivity index (χ0n) is 55.0. The van der Waals surface area contributed by atoms with Gasteiger partial charge in [0.15, 0.2) is 0 Å². The van der Waals surface area contributed by atoms with Gasteiger partial charge in [-0.1, -0.05) is 279 Å². The summed E-state index contributed by atoms with van der Waals surface area (Å²) in [5.41, 5.74) is 31.5. The molecule has 1 atom stereocenters. The minimum Gasteiger partial charge on any atom is -0.308 e. The van der Waals surface area contributed by atoms with E-state index >= 15 is 0 Å². The van der Waals surface area contributed by atoms with E-state index in [-0.39, 0.29) is 0 Å². The number of hydrogen-bond donors (Lipinski definition) is 0. The summed E-state index contributed by atoms with van der Waals surface area (Å²) in [6, 6.07) is 126. The monoisotopic (exact) mass is 1290 g/mol. The summed E-state index contributed by atoms with van der Waals surface area (Å²) in [7, 11) is 0. The van der Waals surface area contributed by atoms with Gasteiger partial charge in [0.1, 0.15) is 0 Å². The molecule has 0 bridgehead atoms. The number of nitrogens with zero attached hydrogens (tertiary/aromatic N) is 4. The van der Waals surface area contributed by atoms with E-state index in [0.29, 0.717) is 0 Å². The van der Waals surface area contributed by atoms with E-state index in [2.05, 4.69) is 345 Å². The molecule has 16 aromatic carbocycles. The Balaban J connectivity index is 0.716. The second kappa shape index (κ2) is 18.1. The predicted molar refractivity (Wildman–Crippen MR) is 425 cm³/mol. The van der Waals surface area contributed by atoms with Gasteiger partial charge in [-0.05, 0) is 121 Å². The number of benzene rings is 16. The average Bonchev–Trinajstić information content (AvgIpc) is 1.49. The Hall–Kier alpha value is -13.3. The highest BCUT2D eigenvalue weighted by Gasteiger charge is 2.50. The zero-order valence-corrected chi connectivity index (χ0v) is 55.0. The molecule has 2 aliphatic carbocycles. The van der Waals surface area contributed by atoms with Crippen LogP contribution in [0.4, 0.5) is 0 Å². The van der Waals surface area contributed by atoms with Crippen LogP contribution < -0.4 is 0 Å². The maximum atomic E-state index is 2.68. The number of rotatable bonds is 5. The van der Waals surface area contributed by atoms with Crippen LogP contribution in [0, 0.1) is 0 Å². The lowest BCUT2D eigenvalue weighted by Crippen LogP contribution is -2.28. The number of fused-ring (bicyclic) bond motifs is 34. The first-order valence-electron chi connectivity index (χ1n) is 35.8. The molecule has 0 N–H and O–H groups in total. The molecule has 0 aliphatic heterocycles. The summed E-state index contributed by atoms with van der Waals surface area (Å²) >= 11 is 0. The SMILES string of the molecule is c1ccc(C2(c3ccc(-c4ccc5c(c4)-c4ccc6c(c4C5(c4ccccc4)c4ccccc4)c4cc5c(c7cccc8c9ccccc9n5c87)c5c7ccccc7n6c45)cc3)c3ccccc3-c3c2ccc2c4cccc5c6c7c8ccccc8n8c9ccccc9c(cc6n(c32)c45)c78)cc1. The molecule has 4 heteroatoms. The van der Waals surface area contributed by atoms with Crippen LogP contribution in [0.2, 0.25) is 0 Å². The molecule has 466 valence electrons. The van der Waals surface area contributed by atoms with Crippen molar-refractivity contribution in [2.75, 3.05) is 0 Å². The highest BCUT2D eigenvalue weighted by Crippen LogP contribution is 2.63. The molecule has 8 aromatic heterocycles. The molecule has 0 fully saturated rings. The Kier molecular flexibility index (Phi) is 9.39. The van der Waals surface area contributed by atoms with Crippen molar-refractivity contribution >= 4 is 152 Å². The number of hydrogen-bond acceptors (Lipinski definition) is 0. The molecule has 0 amide bonds. The van der Waals surface area contributed by atoms with Crippen molar-refractivity contribution in [2.24, 2.45) is 0 Å². The molecular formula is C98H54N4. The van der Waals surface area contributed by atoms with E-state index in [4.69, 9.17) is 0 Å².